The largest absolute Gasteiger partial charge is 0.302 e. The number of benzene rings is 1. The predicted octanol–water partition coefficient (Wildman–Crippen LogP) is 2.54. The molecule has 2 aromatic heterocycles. The Bertz CT molecular complexity index is 837. The second-order valence-corrected chi connectivity index (χ2v) is 6.73. The Hall–Kier alpha value is -2.74. The summed E-state index contributed by atoms with van der Waals surface area (Å²) < 4.78 is 2.00. The molecular formula is C17H18N6OS. The molecule has 8 heteroatoms. The number of nitrogens with zero attached hydrogens (tertiary/aromatic N) is 5. The molecule has 0 aliphatic heterocycles. The fraction of sp³-hybridized carbons (Fsp3) is 0.235. The predicted molar refractivity (Wildman–Crippen MR) is 96.3 cm³/mol. The Morgan fingerprint density at radius 3 is 2.60 bits per heavy atom. The first-order valence-corrected chi connectivity index (χ1v) is 8.69. The fourth-order valence-electron chi connectivity index (χ4n) is 2.18. The van der Waals surface area contributed by atoms with E-state index in [2.05, 4.69) is 37.6 Å². The van der Waals surface area contributed by atoms with Gasteiger partial charge < -0.3 is 4.57 Å². The van der Waals surface area contributed by atoms with Crippen LogP contribution in [-0.4, -0.2) is 35.9 Å². The van der Waals surface area contributed by atoms with Gasteiger partial charge in [-0.1, -0.05) is 42.1 Å². The van der Waals surface area contributed by atoms with Crippen molar-refractivity contribution in [1.29, 1.82) is 0 Å². The molecule has 1 atom stereocenters. The minimum Gasteiger partial charge on any atom is -0.302 e. The van der Waals surface area contributed by atoms with Gasteiger partial charge in [0, 0.05) is 12.4 Å². The Labute approximate surface area is 149 Å². The van der Waals surface area contributed by atoms with Gasteiger partial charge in [-0.15, -0.1) is 10.2 Å². The van der Waals surface area contributed by atoms with Crippen LogP contribution in [0.3, 0.4) is 0 Å². The molecule has 0 aliphatic carbocycles. The number of anilines is 1. The van der Waals surface area contributed by atoms with Crippen molar-refractivity contribution in [3.8, 4) is 0 Å². The van der Waals surface area contributed by atoms with E-state index in [9.17, 15) is 4.79 Å². The summed E-state index contributed by atoms with van der Waals surface area (Å²) in [5.74, 6) is 0.926. The van der Waals surface area contributed by atoms with E-state index in [-0.39, 0.29) is 11.2 Å². The number of thioether (sulfide) groups is 1. The molecule has 25 heavy (non-hydrogen) atoms. The van der Waals surface area contributed by atoms with Crippen molar-refractivity contribution >= 4 is 23.6 Å². The number of nitrogens with one attached hydrogen (secondary N) is 1. The smallest absolute Gasteiger partial charge is 0.240 e. The van der Waals surface area contributed by atoms with Crippen molar-refractivity contribution < 1.29 is 4.79 Å². The third-order valence-corrected chi connectivity index (χ3v) is 4.62. The third-order valence-electron chi connectivity index (χ3n) is 3.54. The Kier molecular flexibility index (Phi) is 5.39. The lowest BCUT2D eigenvalue weighted by atomic mass is 10.2. The molecule has 1 unspecified atom stereocenters. The molecule has 0 fully saturated rings. The first-order chi connectivity index (χ1) is 12.1. The summed E-state index contributed by atoms with van der Waals surface area (Å²) >= 11 is 1.36. The van der Waals surface area contributed by atoms with E-state index in [1.54, 1.807) is 18.5 Å². The summed E-state index contributed by atoms with van der Waals surface area (Å²) in [5, 5.41) is 11.4. The summed E-state index contributed by atoms with van der Waals surface area (Å²) in [5.41, 5.74) is 1.15. The zero-order valence-corrected chi connectivity index (χ0v) is 14.8. The average Bonchev–Trinajstić information content (AvgIpc) is 2.97. The molecule has 3 aromatic rings. The minimum absolute atomic E-state index is 0.178. The first kappa shape index (κ1) is 17.1. The first-order valence-electron chi connectivity index (χ1n) is 7.82. The highest BCUT2D eigenvalue weighted by Crippen LogP contribution is 2.23. The fourth-order valence-corrected chi connectivity index (χ4v) is 3.08. The van der Waals surface area contributed by atoms with Gasteiger partial charge >= 0.3 is 0 Å². The van der Waals surface area contributed by atoms with Gasteiger partial charge in [-0.25, -0.2) is 9.97 Å². The Morgan fingerprint density at radius 1 is 1.16 bits per heavy atom. The number of carbonyl (C=O) groups excluding carboxylic acids is 1. The molecule has 0 saturated carbocycles. The molecule has 1 amide bonds. The quantitative estimate of drug-likeness (QED) is 0.685. The summed E-state index contributed by atoms with van der Waals surface area (Å²) in [6.07, 6.45) is 3.17. The summed E-state index contributed by atoms with van der Waals surface area (Å²) in [6.45, 7) is 4.39. The van der Waals surface area contributed by atoms with Crippen molar-refractivity contribution in [2.75, 3.05) is 5.32 Å². The van der Waals surface area contributed by atoms with Crippen molar-refractivity contribution in [1.82, 2.24) is 24.7 Å². The topological polar surface area (TPSA) is 85.6 Å². The number of hydrogen-bond acceptors (Lipinski definition) is 6. The normalized spacial score (nSPS) is 11.9. The molecule has 7 nitrogen and oxygen atoms in total. The lowest BCUT2D eigenvalue weighted by Gasteiger charge is -2.12. The van der Waals surface area contributed by atoms with Gasteiger partial charge in [0.2, 0.25) is 11.9 Å². The average molecular weight is 354 g/mol. The van der Waals surface area contributed by atoms with Crippen molar-refractivity contribution in [2.45, 2.75) is 30.8 Å². The second kappa shape index (κ2) is 7.89. The van der Waals surface area contributed by atoms with Gasteiger partial charge in [0.25, 0.3) is 0 Å². The van der Waals surface area contributed by atoms with Crippen LogP contribution in [0.4, 0.5) is 5.95 Å². The summed E-state index contributed by atoms with van der Waals surface area (Å²) in [7, 11) is 0. The summed E-state index contributed by atoms with van der Waals surface area (Å²) in [6, 6.07) is 11.8. The van der Waals surface area contributed by atoms with Crippen LogP contribution in [0.5, 0.6) is 0 Å². The van der Waals surface area contributed by atoms with Crippen LogP contribution in [0.15, 0.2) is 53.9 Å². The van der Waals surface area contributed by atoms with Crippen molar-refractivity contribution in [2.24, 2.45) is 0 Å². The SMILES string of the molecule is Cc1nnc(SC(C)C(=O)Nc2ncccn2)n1Cc1ccccc1. The third kappa shape index (κ3) is 4.42. The molecule has 0 aliphatic rings. The van der Waals surface area contributed by atoms with E-state index in [0.717, 1.165) is 11.4 Å². The van der Waals surface area contributed by atoms with E-state index in [1.807, 2.05) is 36.6 Å². The van der Waals surface area contributed by atoms with Gasteiger partial charge in [-0.05, 0) is 25.5 Å². The molecule has 1 aromatic carbocycles. The molecule has 3 rings (SSSR count). The molecule has 0 bridgehead atoms. The number of rotatable bonds is 6. The van der Waals surface area contributed by atoms with Crippen LogP contribution in [0.25, 0.3) is 0 Å². The van der Waals surface area contributed by atoms with Crippen LogP contribution >= 0.6 is 11.8 Å². The molecule has 1 N–H and O–H groups in total. The highest BCUT2D eigenvalue weighted by molar-refractivity contribution is 8.00. The maximum Gasteiger partial charge on any atom is 0.240 e. The van der Waals surface area contributed by atoms with Gasteiger partial charge in [0.15, 0.2) is 5.16 Å². The Morgan fingerprint density at radius 2 is 1.88 bits per heavy atom. The van der Waals surface area contributed by atoms with Crippen LogP contribution in [-0.2, 0) is 11.3 Å². The Balaban J connectivity index is 1.69. The number of aryl methyl sites for hydroxylation is 1. The molecule has 2 heterocycles. The highest BCUT2D eigenvalue weighted by Gasteiger charge is 2.20. The standard InChI is InChI=1S/C17H18N6OS/c1-12(15(24)20-16-18-9-6-10-19-16)25-17-22-21-13(2)23(17)11-14-7-4-3-5-8-14/h3-10,12H,11H2,1-2H3,(H,18,19,20,24). The van der Waals surface area contributed by atoms with Crippen LogP contribution < -0.4 is 5.32 Å². The minimum atomic E-state index is -0.359. The highest BCUT2D eigenvalue weighted by atomic mass is 32.2. The molecular weight excluding hydrogens is 336 g/mol. The lowest BCUT2D eigenvalue weighted by molar-refractivity contribution is -0.115. The molecule has 0 spiro atoms. The lowest BCUT2D eigenvalue weighted by Crippen LogP contribution is -2.24. The monoisotopic (exact) mass is 354 g/mol. The van der Waals surface area contributed by atoms with Gasteiger partial charge in [-0.3, -0.25) is 10.1 Å². The zero-order valence-electron chi connectivity index (χ0n) is 14.0. The van der Waals surface area contributed by atoms with Gasteiger partial charge in [0.1, 0.15) is 5.82 Å². The zero-order chi connectivity index (χ0) is 17.6. The maximum atomic E-state index is 12.3. The van der Waals surface area contributed by atoms with Crippen molar-refractivity contribution in [3.05, 3.63) is 60.2 Å². The number of amides is 1. The van der Waals surface area contributed by atoms with E-state index in [1.165, 1.54) is 11.8 Å². The van der Waals surface area contributed by atoms with E-state index >= 15 is 0 Å². The molecule has 0 saturated heterocycles. The molecule has 128 valence electrons. The van der Waals surface area contributed by atoms with Crippen LogP contribution in [0.1, 0.15) is 18.3 Å². The van der Waals surface area contributed by atoms with E-state index < -0.39 is 0 Å². The van der Waals surface area contributed by atoms with Gasteiger partial charge in [-0.2, -0.15) is 0 Å². The van der Waals surface area contributed by atoms with Crippen molar-refractivity contribution in [3.63, 3.8) is 0 Å². The number of carbonyl (C=O) groups is 1. The van der Waals surface area contributed by atoms with Crippen LogP contribution in [0.2, 0.25) is 0 Å². The summed E-state index contributed by atoms with van der Waals surface area (Å²) in [4.78, 5) is 20.3. The number of hydrogen-bond donors (Lipinski definition) is 1. The second-order valence-electron chi connectivity index (χ2n) is 5.42. The van der Waals surface area contributed by atoms with Crippen LogP contribution in [0, 0.1) is 6.92 Å². The molecule has 0 radical (unpaired) electrons. The number of aromatic nitrogens is 5. The van der Waals surface area contributed by atoms with E-state index in [0.29, 0.717) is 17.6 Å². The van der Waals surface area contributed by atoms with Gasteiger partial charge in [0.05, 0.1) is 11.8 Å². The maximum absolute atomic E-state index is 12.3. The van der Waals surface area contributed by atoms with E-state index in [4.69, 9.17) is 0 Å².